The van der Waals surface area contributed by atoms with Crippen LogP contribution in [-0.4, -0.2) is 16.5 Å². The molecule has 0 heterocycles. The standard InChI is InChI=1S/C23H38O2/c1-14-12-19-17-7-6-16-13-21(3,25)10-11-22(16,4)18(17)8-9-23(19,5)20(14)15(2)24/h14,16-20,25H,6-13H2,1-5H3/t14-,16-,17-,18+,19+,20-,21-,22+,23+/m1/s1. The van der Waals surface area contributed by atoms with Crippen LogP contribution in [0.25, 0.3) is 0 Å². The van der Waals surface area contributed by atoms with Crippen LogP contribution in [0.2, 0.25) is 0 Å². The lowest BCUT2D eigenvalue weighted by Gasteiger charge is -2.61. The minimum atomic E-state index is -0.443. The molecule has 0 aromatic rings. The number of hydrogen-bond acceptors (Lipinski definition) is 2. The van der Waals surface area contributed by atoms with Gasteiger partial charge in [0.2, 0.25) is 0 Å². The summed E-state index contributed by atoms with van der Waals surface area (Å²) in [5.74, 6) is 4.36. The van der Waals surface area contributed by atoms with Crippen LogP contribution < -0.4 is 0 Å². The molecule has 4 aliphatic rings. The van der Waals surface area contributed by atoms with Gasteiger partial charge in [-0.05, 0) is 106 Å². The maximum absolute atomic E-state index is 12.4. The molecule has 2 heteroatoms. The summed E-state index contributed by atoms with van der Waals surface area (Å²) >= 11 is 0. The number of fused-ring (bicyclic) bond motifs is 5. The molecule has 2 nitrogen and oxygen atoms in total. The fourth-order valence-corrected chi connectivity index (χ4v) is 8.66. The number of carbonyl (C=O) groups is 1. The van der Waals surface area contributed by atoms with E-state index in [1.54, 1.807) is 0 Å². The number of hydrogen-bond donors (Lipinski definition) is 1. The lowest BCUT2D eigenvalue weighted by Crippen LogP contribution is -2.55. The molecule has 4 fully saturated rings. The number of carbonyl (C=O) groups excluding carboxylic acids is 1. The van der Waals surface area contributed by atoms with Gasteiger partial charge in [0.15, 0.2) is 0 Å². The van der Waals surface area contributed by atoms with Crippen LogP contribution in [-0.2, 0) is 4.79 Å². The molecule has 0 aromatic heterocycles. The predicted octanol–water partition coefficient (Wildman–Crippen LogP) is 5.23. The van der Waals surface area contributed by atoms with E-state index >= 15 is 0 Å². The van der Waals surface area contributed by atoms with E-state index in [0.29, 0.717) is 23.0 Å². The lowest BCUT2D eigenvalue weighted by molar-refractivity contribution is -0.150. The Bertz CT molecular complexity index is 566. The zero-order valence-corrected chi connectivity index (χ0v) is 17.0. The molecule has 25 heavy (non-hydrogen) atoms. The monoisotopic (exact) mass is 346 g/mol. The minimum Gasteiger partial charge on any atom is -0.390 e. The number of Topliss-reactive ketones (excluding diaryl/α,β-unsaturated/α-hetero) is 1. The molecular weight excluding hydrogens is 308 g/mol. The van der Waals surface area contributed by atoms with E-state index in [1.807, 2.05) is 13.8 Å². The SMILES string of the molecule is CC(=O)[C@H]1[C@H](C)C[C@H]2[C@@H]3CC[C@@H]4C[C@](C)(O)CC[C@]4(C)[C@H]3CC[C@@]21C. The van der Waals surface area contributed by atoms with Crippen molar-refractivity contribution < 1.29 is 9.90 Å². The van der Waals surface area contributed by atoms with Crippen molar-refractivity contribution in [3.05, 3.63) is 0 Å². The number of aliphatic hydroxyl groups is 1. The predicted molar refractivity (Wildman–Crippen MR) is 101 cm³/mol. The zero-order chi connectivity index (χ0) is 18.2. The molecule has 4 saturated carbocycles. The first-order valence-corrected chi connectivity index (χ1v) is 10.8. The third-order valence-corrected chi connectivity index (χ3v) is 9.73. The van der Waals surface area contributed by atoms with E-state index in [0.717, 1.165) is 30.6 Å². The average molecular weight is 347 g/mol. The van der Waals surface area contributed by atoms with Crippen LogP contribution in [0.5, 0.6) is 0 Å². The molecule has 0 amide bonds. The maximum atomic E-state index is 12.4. The summed E-state index contributed by atoms with van der Waals surface area (Å²) in [6.07, 6.45) is 9.60. The van der Waals surface area contributed by atoms with Crippen molar-refractivity contribution in [1.82, 2.24) is 0 Å². The number of ketones is 1. The van der Waals surface area contributed by atoms with Crippen LogP contribution in [0.1, 0.15) is 86.0 Å². The summed E-state index contributed by atoms with van der Waals surface area (Å²) in [5, 5.41) is 10.6. The van der Waals surface area contributed by atoms with Crippen molar-refractivity contribution in [1.29, 1.82) is 0 Å². The van der Waals surface area contributed by atoms with Gasteiger partial charge < -0.3 is 5.11 Å². The quantitative estimate of drug-likeness (QED) is 0.706. The van der Waals surface area contributed by atoms with Crippen molar-refractivity contribution in [2.45, 2.75) is 91.6 Å². The summed E-state index contributed by atoms with van der Waals surface area (Å²) in [7, 11) is 0. The second kappa shape index (κ2) is 5.57. The molecule has 0 bridgehead atoms. The first-order valence-electron chi connectivity index (χ1n) is 10.8. The molecule has 9 atom stereocenters. The van der Waals surface area contributed by atoms with Crippen LogP contribution >= 0.6 is 0 Å². The highest BCUT2D eigenvalue weighted by Gasteiger charge is 2.62. The van der Waals surface area contributed by atoms with Gasteiger partial charge in [-0.3, -0.25) is 4.79 Å². The molecule has 0 aliphatic heterocycles. The van der Waals surface area contributed by atoms with Gasteiger partial charge in [0.05, 0.1) is 5.60 Å². The fraction of sp³-hybridized carbons (Fsp3) is 0.957. The molecule has 0 unspecified atom stereocenters. The van der Waals surface area contributed by atoms with Crippen molar-refractivity contribution in [3.8, 4) is 0 Å². The third kappa shape index (κ3) is 2.49. The molecular formula is C23H38O2. The molecule has 142 valence electrons. The van der Waals surface area contributed by atoms with E-state index in [4.69, 9.17) is 0 Å². The third-order valence-electron chi connectivity index (χ3n) is 9.73. The Labute approximate surface area is 154 Å². The fourth-order valence-electron chi connectivity index (χ4n) is 8.66. The molecule has 4 rings (SSSR count). The van der Waals surface area contributed by atoms with Gasteiger partial charge in [-0.2, -0.15) is 0 Å². The summed E-state index contributed by atoms with van der Waals surface area (Å²) in [6, 6.07) is 0. The van der Waals surface area contributed by atoms with Crippen molar-refractivity contribution in [2.75, 3.05) is 0 Å². The van der Waals surface area contributed by atoms with Gasteiger partial charge in [-0.1, -0.05) is 20.8 Å². The largest absolute Gasteiger partial charge is 0.390 e. The summed E-state index contributed by atoms with van der Waals surface area (Å²) in [5.41, 5.74) is 0.224. The highest BCUT2D eigenvalue weighted by atomic mass is 16.3. The van der Waals surface area contributed by atoms with Gasteiger partial charge in [0, 0.05) is 5.92 Å². The Hall–Kier alpha value is -0.370. The van der Waals surface area contributed by atoms with Gasteiger partial charge in [-0.25, -0.2) is 0 Å². The summed E-state index contributed by atoms with van der Waals surface area (Å²) in [6.45, 7) is 11.2. The molecule has 0 aromatic carbocycles. The van der Waals surface area contributed by atoms with Crippen molar-refractivity contribution >= 4 is 5.78 Å². The Balaban J connectivity index is 1.63. The van der Waals surface area contributed by atoms with Gasteiger partial charge in [-0.15, -0.1) is 0 Å². The highest BCUT2D eigenvalue weighted by molar-refractivity contribution is 5.80. The molecule has 4 aliphatic carbocycles. The van der Waals surface area contributed by atoms with Crippen molar-refractivity contribution in [3.63, 3.8) is 0 Å². The van der Waals surface area contributed by atoms with Crippen LogP contribution in [0.3, 0.4) is 0 Å². The minimum absolute atomic E-state index is 0.246. The Kier molecular flexibility index (Phi) is 4.01. The van der Waals surface area contributed by atoms with Gasteiger partial charge in [0.1, 0.15) is 5.78 Å². The van der Waals surface area contributed by atoms with E-state index in [1.165, 1.54) is 38.5 Å². The average Bonchev–Trinajstić information content (AvgIpc) is 2.78. The van der Waals surface area contributed by atoms with Gasteiger partial charge >= 0.3 is 0 Å². The van der Waals surface area contributed by atoms with E-state index < -0.39 is 5.60 Å². The van der Waals surface area contributed by atoms with Crippen LogP contribution in [0, 0.1) is 46.3 Å². The molecule has 0 spiro atoms. The molecule has 1 N–H and O–H groups in total. The number of rotatable bonds is 1. The topological polar surface area (TPSA) is 37.3 Å². The van der Waals surface area contributed by atoms with Crippen molar-refractivity contribution in [2.24, 2.45) is 46.3 Å². The summed E-state index contributed by atoms with van der Waals surface area (Å²) < 4.78 is 0. The maximum Gasteiger partial charge on any atom is 0.133 e. The smallest absolute Gasteiger partial charge is 0.133 e. The van der Waals surface area contributed by atoms with E-state index in [-0.39, 0.29) is 11.3 Å². The van der Waals surface area contributed by atoms with Crippen LogP contribution in [0.4, 0.5) is 0 Å². The molecule has 0 radical (unpaired) electrons. The normalized spacial score (nSPS) is 58.2. The first kappa shape index (κ1) is 18.0. The Morgan fingerprint density at radius 3 is 2.36 bits per heavy atom. The highest BCUT2D eigenvalue weighted by Crippen LogP contribution is 2.68. The molecule has 0 saturated heterocycles. The zero-order valence-electron chi connectivity index (χ0n) is 17.0. The van der Waals surface area contributed by atoms with E-state index in [9.17, 15) is 9.90 Å². The van der Waals surface area contributed by atoms with Gasteiger partial charge in [0.25, 0.3) is 0 Å². The van der Waals surface area contributed by atoms with Crippen LogP contribution in [0.15, 0.2) is 0 Å². The Morgan fingerprint density at radius 2 is 1.68 bits per heavy atom. The summed E-state index contributed by atoms with van der Waals surface area (Å²) in [4.78, 5) is 12.4. The Morgan fingerprint density at radius 1 is 0.960 bits per heavy atom. The second-order valence-electron chi connectivity index (χ2n) is 11.2. The second-order valence-corrected chi connectivity index (χ2v) is 11.2. The first-order chi connectivity index (χ1) is 11.6. The van der Waals surface area contributed by atoms with E-state index in [2.05, 4.69) is 20.8 Å². The lowest BCUT2D eigenvalue weighted by atomic mass is 9.44.